The van der Waals surface area contributed by atoms with Gasteiger partial charge in [0, 0.05) is 17.1 Å². The topological polar surface area (TPSA) is 38.1 Å². The van der Waals surface area contributed by atoms with Crippen LogP contribution in [0.1, 0.15) is 0 Å². The zero-order valence-corrected chi connectivity index (χ0v) is 15.1. The average molecular weight is 354 g/mol. The Kier molecular flexibility index (Phi) is 5.31. The molecule has 0 bridgehead atoms. The second kappa shape index (κ2) is 7.64. The lowest BCUT2D eigenvalue weighted by molar-refractivity contribution is 0.368. The summed E-state index contributed by atoms with van der Waals surface area (Å²) in [6, 6.07) is 19.0. The molecule has 4 nitrogen and oxygen atoms in total. The Bertz CT molecular complexity index is 902. The Morgan fingerprint density at radius 3 is 2.32 bits per heavy atom. The first kappa shape index (κ1) is 17.4. The fourth-order valence-electron chi connectivity index (χ4n) is 2.57. The molecule has 0 aliphatic carbocycles. The zero-order chi connectivity index (χ0) is 17.8. The van der Waals surface area contributed by atoms with Crippen molar-refractivity contribution < 1.29 is 0 Å². The van der Waals surface area contributed by atoms with Crippen LogP contribution in [-0.2, 0) is 6.54 Å². The molecule has 0 radical (unpaired) electrons. The van der Waals surface area contributed by atoms with Gasteiger partial charge in [-0.2, -0.15) is 5.10 Å². The number of rotatable bonds is 5. The molecule has 0 aliphatic rings. The molecule has 0 N–H and O–H groups in total. The highest BCUT2D eigenvalue weighted by Crippen LogP contribution is 2.23. The lowest BCUT2D eigenvalue weighted by atomic mass is 10.0. The van der Waals surface area contributed by atoms with E-state index in [1.807, 2.05) is 79.7 Å². The Hall–Kier alpha value is -2.43. The third-order valence-electron chi connectivity index (χ3n) is 3.96. The van der Waals surface area contributed by atoms with Crippen molar-refractivity contribution in [1.29, 1.82) is 0 Å². The molecule has 2 aromatic carbocycles. The molecule has 0 aliphatic heterocycles. The number of hydrogen-bond donors (Lipinski definition) is 0. The van der Waals surface area contributed by atoms with E-state index in [4.69, 9.17) is 11.6 Å². The van der Waals surface area contributed by atoms with Crippen molar-refractivity contribution in [2.45, 2.75) is 6.54 Å². The summed E-state index contributed by atoms with van der Waals surface area (Å²) in [5, 5.41) is 5.24. The van der Waals surface area contributed by atoms with Gasteiger partial charge in [0.25, 0.3) is 5.56 Å². The summed E-state index contributed by atoms with van der Waals surface area (Å²) in [6.45, 7) is 1.28. The van der Waals surface area contributed by atoms with E-state index in [0.29, 0.717) is 17.1 Å². The summed E-state index contributed by atoms with van der Waals surface area (Å²) in [5.41, 5.74) is 3.16. The van der Waals surface area contributed by atoms with Crippen LogP contribution in [0.3, 0.4) is 0 Å². The molecule has 25 heavy (non-hydrogen) atoms. The van der Waals surface area contributed by atoms with Crippen molar-refractivity contribution in [2.24, 2.45) is 0 Å². The van der Waals surface area contributed by atoms with Gasteiger partial charge in [-0.3, -0.25) is 4.79 Å². The normalized spacial score (nSPS) is 11.0. The minimum absolute atomic E-state index is 0.0780. The molecule has 1 heterocycles. The Labute approximate surface area is 152 Å². The van der Waals surface area contributed by atoms with Crippen molar-refractivity contribution in [3.8, 4) is 22.4 Å². The van der Waals surface area contributed by atoms with Crippen LogP contribution in [0.5, 0.6) is 0 Å². The first-order valence-corrected chi connectivity index (χ1v) is 8.50. The Balaban J connectivity index is 2.13. The zero-order valence-electron chi connectivity index (χ0n) is 14.3. The van der Waals surface area contributed by atoms with Crippen LogP contribution in [0.25, 0.3) is 22.4 Å². The SMILES string of the molecule is CN(C)CCn1nc(-c2ccc(Cl)cc2)cc(-c2ccccc2)c1=O. The summed E-state index contributed by atoms with van der Waals surface area (Å²) in [6.07, 6.45) is 0. The summed E-state index contributed by atoms with van der Waals surface area (Å²) in [4.78, 5) is 14.9. The second-order valence-corrected chi connectivity index (χ2v) is 6.58. The summed E-state index contributed by atoms with van der Waals surface area (Å²) in [7, 11) is 3.96. The second-order valence-electron chi connectivity index (χ2n) is 6.15. The standard InChI is InChI=1S/C20H20ClN3O/c1-23(2)12-13-24-20(25)18(15-6-4-3-5-7-15)14-19(22-24)16-8-10-17(21)11-9-16/h3-11,14H,12-13H2,1-2H3. The molecular weight excluding hydrogens is 334 g/mol. The molecule has 0 saturated heterocycles. The van der Waals surface area contributed by atoms with E-state index in [-0.39, 0.29) is 5.56 Å². The number of halogens is 1. The molecular formula is C20H20ClN3O. The number of hydrogen-bond acceptors (Lipinski definition) is 3. The van der Waals surface area contributed by atoms with Crippen LogP contribution in [0.4, 0.5) is 0 Å². The Morgan fingerprint density at radius 1 is 1.00 bits per heavy atom. The molecule has 3 aromatic rings. The van der Waals surface area contributed by atoms with Gasteiger partial charge in [-0.15, -0.1) is 0 Å². The van der Waals surface area contributed by atoms with Gasteiger partial charge in [-0.25, -0.2) is 4.68 Å². The largest absolute Gasteiger partial charge is 0.308 e. The number of benzene rings is 2. The average Bonchev–Trinajstić information content (AvgIpc) is 2.62. The first-order chi connectivity index (χ1) is 12.0. The third kappa shape index (κ3) is 4.16. The van der Waals surface area contributed by atoms with Crippen molar-refractivity contribution in [1.82, 2.24) is 14.7 Å². The van der Waals surface area contributed by atoms with Crippen LogP contribution >= 0.6 is 11.6 Å². The highest BCUT2D eigenvalue weighted by Gasteiger charge is 2.12. The van der Waals surface area contributed by atoms with Gasteiger partial charge >= 0.3 is 0 Å². The smallest absolute Gasteiger partial charge is 0.274 e. The molecule has 0 unspecified atom stereocenters. The van der Waals surface area contributed by atoms with E-state index in [2.05, 4.69) is 5.10 Å². The van der Waals surface area contributed by atoms with Crippen LogP contribution in [0.2, 0.25) is 5.02 Å². The minimum atomic E-state index is -0.0780. The van der Waals surface area contributed by atoms with Crippen LogP contribution in [0, 0.1) is 0 Å². The van der Waals surface area contributed by atoms with Gasteiger partial charge in [0.15, 0.2) is 0 Å². The quantitative estimate of drug-likeness (QED) is 0.700. The maximum absolute atomic E-state index is 12.9. The molecule has 1 aromatic heterocycles. The summed E-state index contributed by atoms with van der Waals surface area (Å²) < 4.78 is 1.55. The third-order valence-corrected chi connectivity index (χ3v) is 4.21. The lowest BCUT2D eigenvalue weighted by Crippen LogP contribution is -2.29. The maximum atomic E-state index is 12.9. The summed E-state index contributed by atoms with van der Waals surface area (Å²) in [5.74, 6) is 0. The van der Waals surface area contributed by atoms with Crippen molar-refractivity contribution in [2.75, 3.05) is 20.6 Å². The van der Waals surface area contributed by atoms with E-state index in [1.165, 1.54) is 0 Å². The van der Waals surface area contributed by atoms with E-state index in [9.17, 15) is 4.79 Å². The molecule has 0 amide bonds. The van der Waals surface area contributed by atoms with Crippen LogP contribution in [-0.4, -0.2) is 35.3 Å². The molecule has 0 atom stereocenters. The summed E-state index contributed by atoms with van der Waals surface area (Å²) >= 11 is 5.99. The van der Waals surface area contributed by atoms with Gasteiger partial charge in [-0.05, 0) is 37.9 Å². The van der Waals surface area contributed by atoms with Crippen LogP contribution in [0.15, 0.2) is 65.5 Å². The first-order valence-electron chi connectivity index (χ1n) is 8.13. The molecule has 0 fully saturated rings. The van der Waals surface area contributed by atoms with E-state index in [0.717, 1.165) is 23.4 Å². The number of aromatic nitrogens is 2. The van der Waals surface area contributed by atoms with E-state index < -0.39 is 0 Å². The van der Waals surface area contributed by atoms with Crippen molar-refractivity contribution >= 4 is 11.6 Å². The van der Waals surface area contributed by atoms with Gasteiger partial charge < -0.3 is 4.90 Å². The Morgan fingerprint density at radius 2 is 1.68 bits per heavy atom. The van der Waals surface area contributed by atoms with E-state index >= 15 is 0 Å². The highest BCUT2D eigenvalue weighted by atomic mass is 35.5. The molecule has 0 spiro atoms. The monoisotopic (exact) mass is 353 g/mol. The van der Waals surface area contributed by atoms with Crippen molar-refractivity contribution in [3.63, 3.8) is 0 Å². The molecule has 5 heteroatoms. The maximum Gasteiger partial charge on any atom is 0.274 e. The number of likely N-dealkylation sites (N-methyl/N-ethyl adjacent to an activating group) is 1. The minimum Gasteiger partial charge on any atom is -0.308 e. The predicted molar refractivity (Wildman–Crippen MR) is 103 cm³/mol. The molecule has 3 rings (SSSR count). The van der Waals surface area contributed by atoms with Gasteiger partial charge in [-0.1, -0.05) is 54.1 Å². The fourth-order valence-corrected chi connectivity index (χ4v) is 2.70. The molecule has 128 valence electrons. The lowest BCUT2D eigenvalue weighted by Gasteiger charge is -2.14. The van der Waals surface area contributed by atoms with Gasteiger partial charge in [0.05, 0.1) is 17.8 Å². The van der Waals surface area contributed by atoms with Gasteiger partial charge in [0.1, 0.15) is 0 Å². The number of nitrogens with zero attached hydrogens (tertiary/aromatic N) is 3. The van der Waals surface area contributed by atoms with Gasteiger partial charge in [0.2, 0.25) is 0 Å². The highest BCUT2D eigenvalue weighted by molar-refractivity contribution is 6.30. The predicted octanol–water partition coefficient (Wildman–Crippen LogP) is 3.79. The fraction of sp³-hybridized carbons (Fsp3) is 0.200. The molecule has 0 saturated carbocycles. The van der Waals surface area contributed by atoms with Crippen LogP contribution < -0.4 is 5.56 Å². The van der Waals surface area contributed by atoms with E-state index in [1.54, 1.807) is 4.68 Å². The van der Waals surface area contributed by atoms with Crippen molar-refractivity contribution in [3.05, 3.63) is 76.0 Å².